The molecule has 0 spiro atoms. The number of benzene rings is 2. The van der Waals surface area contributed by atoms with Gasteiger partial charge in [-0.3, -0.25) is 0 Å². The van der Waals surface area contributed by atoms with Gasteiger partial charge in [-0.05, 0) is 42.0 Å². The van der Waals surface area contributed by atoms with Gasteiger partial charge in [0.05, 0.1) is 10.2 Å². The molecule has 2 aromatic carbocycles. The van der Waals surface area contributed by atoms with Gasteiger partial charge in [-0.25, -0.2) is 9.37 Å². The largest absolute Gasteiger partial charge is 0.399 e. The summed E-state index contributed by atoms with van der Waals surface area (Å²) in [5, 5.41) is 0.573. The Morgan fingerprint density at radius 3 is 2.95 bits per heavy atom. The number of aromatic nitrogens is 1. The van der Waals surface area contributed by atoms with E-state index in [9.17, 15) is 4.39 Å². The van der Waals surface area contributed by atoms with Gasteiger partial charge >= 0.3 is 0 Å². The molecular weight excluding hydrogens is 315 g/mol. The van der Waals surface area contributed by atoms with Crippen molar-refractivity contribution in [2.24, 2.45) is 0 Å². The maximum absolute atomic E-state index is 13.2. The molecule has 3 rings (SSSR count). The third-order valence-electron chi connectivity index (χ3n) is 2.75. The van der Waals surface area contributed by atoms with Crippen molar-refractivity contribution >= 4 is 50.6 Å². The minimum absolute atomic E-state index is 0.276. The van der Waals surface area contributed by atoms with Gasteiger partial charge in [-0.1, -0.05) is 23.4 Å². The highest BCUT2D eigenvalue weighted by Crippen LogP contribution is 2.33. The monoisotopic (exact) mass is 324 g/mol. The molecule has 102 valence electrons. The highest BCUT2D eigenvalue weighted by atomic mass is 35.5. The van der Waals surface area contributed by atoms with Crippen LogP contribution in [0.1, 0.15) is 5.56 Å². The number of fused-ring (bicyclic) bond motifs is 1. The molecule has 20 heavy (non-hydrogen) atoms. The average Bonchev–Trinajstić information content (AvgIpc) is 2.81. The van der Waals surface area contributed by atoms with Crippen LogP contribution in [0.3, 0.4) is 0 Å². The molecular formula is C14H10ClFN2S2. The molecule has 0 atom stereocenters. The van der Waals surface area contributed by atoms with Crippen LogP contribution in [0.5, 0.6) is 0 Å². The van der Waals surface area contributed by atoms with Gasteiger partial charge in [0.2, 0.25) is 0 Å². The number of nitrogen functional groups attached to an aromatic ring is 1. The van der Waals surface area contributed by atoms with Crippen LogP contribution in [0.15, 0.2) is 40.7 Å². The topological polar surface area (TPSA) is 38.9 Å². The summed E-state index contributed by atoms with van der Waals surface area (Å²) in [6.45, 7) is 0. The summed E-state index contributed by atoms with van der Waals surface area (Å²) >= 11 is 9.17. The second kappa shape index (κ2) is 5.60. The average molecular weight is 325 g/mol. The molecule has 0 bridgehead atoms. The second-order valence-corrected chi connectivity index (χ2v) is 6.89. The molecule has 2 N–H and O–H groups in total. The van der Waals surface area contributed by atoms with E-state index in [4.69, 9.17) is 17.3 Å². The zero-order valence-corrected chi connectivity index (χ0v) is 12.7. The first-order chi connectivity index (χ1) is 9.61. The first-order valence-electron chi connectivity index (χ1n) is 5.84. The van der Waals surface area contributed by atoms with Crippen LogP contribution < -0.4 is 5.73 Å². The van der Waals surface area contributed by atoms with Crippen LogP contribution in [0.4, 0.5) is 10.1 Å². The van der Waals surface area contributed by atoms with Crippen molar-refractivity contribution < 1.29 is 4.39 Å². The summed E-state index contributed by atoms with van der Waals surface area (Å²) in [6.07, 6.45) is 0. The lowest BCUT2D eigenvalue weighted by Gasteiger charge is -2.02. The van der Waals surface area contributed by atoms with E-state index in [1.54, 1.807) is 29.2 Å². The summed E-state index contributed by atoms with van der Waals surface area (Å²) in [4.78, 5) is 4.51. The van der Waals surface area contributed by atoms with Crippen LogP contribution in [0, 0.1) is 5.82 Å². The molecule has 3 aromatic rings. The standard InChI is InChI=1S/C14H10ClFN2S2/c15-11-3-1-9(16)5-8(11)7-19-14-18-12-4-2-10(17)6-13(12)20-14/h1-6H,7,17H2. The summed E-state index contributed by atoms with van der Waals surface area (Å²) in [7, 11) is 0. The molecule has 0 aliphatic rings. The number of thioether (sulfide) groups is 1. The van der Waals surface area contributed by atoms with Gasteiger partial charge < -0.3 is 5.73 Å². The molecule has 1 heterocycles. The van der Waals surface area contributed by atoms with Crippen molar-refractivity contribution in [2.75, 3.05) is 5.73 Å². The zero-order valence-electron chi connectivity index (χ0n) is 10.3. The van der Waals surface area contributed by atoms with Gasteiger partial charge in [0.25, 0.3) is 0 Å². The molecule has 0 radical (unpaired) electrons. The van der Waals surface area contributed by atoms with E-state index in [1.807, 2.05) is 18.2 Å². The van der Waals surface area contributed by atoms with Crippen LogP contribution in [0.25, 0.3) is 10.2 Å². The lowest BCUT2D eigenvalue weighted by Crippen LogP contribution is -1.84. The Bertz CT molecular complexity index is 773. The van der Waals surface area contributed by atoms with Gasteiger partial charge in [0.1, 0.15) is 5.82 Å². The maximum Gasteiger partial charge on any atom is 0.151 e. The van der Waals surface area contributed by atoms with Crippen molar-refractivity contribution in [1.82, 2.24) is 4.98 Å². The van der Waals surface area contributed by atoms with E-state index in [1.165, 1.54) is 12.1 Å². The summed E-state index contributed by atoms with van der Waals surface area (Å²) in [6, 6.07) is 10.0. The molecule has 0 saturated carbocycles. The van der Waals surface area contributed by atoms with E-state index < -0.39 is 0 Å². The number of hydrogen-bond donors (Lipinski definition) is 1. The lowest BCUT2D eigenvalue weighted by atomic mass is 10.2. The molecule has 0 aliphatic carbocycles. The van der Waals surface area contributed by atoms with Crippen molar-refractivity contribution in [3.63, 3.8) is 0 Å². The van der Waals surface area contributed by atoms with Gasteiger partial charge in [-0.15, -0.1) is 11.3 Å². The molecule has 6 heteroatoms. The fraction of sp³-hybridized carbons (Fsp3) is 0.0714. The van der Waals surface area contributed by atoms with Gasteiger partial charge in [0.15, 0.2) is 4.34 Å². The number of anilines is 1. The third-order valence-corrected chi connectivity index (χ3v) is 5.33. The summed E-state index contributed by atoms with van der Waals surface area (Å²) < 4.78 is 15.2. The van der Waals surface area contributed by atoms with Crippen molar-refractivity contribution in [2.45, 2.75) is 10.1 Å². The zero-order chi connectivity index (χ0) is 14.1. The van der Waals surface area contributed by atoms with Crippen molar-refractivity contribution in [1.29, 1.82) is 0 Å². The van der Waals surface area contributed by atoms with Crippen molar-refractivity contribution in [3.05, 3.63) is 52.8 Å². The second-order valence-electron chi connectivity index (χ2n) is 4.23. The fourth-order valence-corrected chi connectivity index (χ4v) is 4.15. The minimum Gasteiger partial charge on any atom is -0.399 e. The number of thiazole rings is 1. The number of halogens is 2. The summed E-state index contributed by atoms with van der Waals surface area (Å²) in [5.74, 6) is 0.313. The van der Waals surface area contributed by atoms with Crippen LogP contribution in [-0.2, 0) is 5.75 Å². The highest BCUT2D eigenvalue weighted by Gasteiger charge is 2.07. The first-order valence-corrected chi connectivity index (χ1v) is 8.02. The predicted octanol–water partition coefficient (Wildman–Crippen LogP) is 4.96. The highest BCUT2D eigenvalue weighted by molar-refractivity contribution is 8.00. The normalized spacial score (nSPS) is 11.1. The maximum atomic E-state index is 13.2. The van der Waals surface area contributed by atoms with E-state index >= 15 is 0 Å². The third kappa shape index (κ3) is 2.90. The number of rotatable bonds is 3. The van der Waals surface area contributed by atoms with Crippen LogP contribution in [0.2, 0.25) is 5.02 Å². The molecule has 0 aliphatic heterocycles. The van der Waals surface area contributed by atoms with Crippen LogP contribution in [-0.4, -0.2) is 4.98 Å². The molecule has 0 fully saturated rings. The van der Waals surface area contributed by atoms with E-state index in [2.05, 4.69) is 4.98 Å². The fourth-order valence-electron chi connectivity index (χ4n) is 1.78. The molecule has 0 unspecified atom stereocenters. The Hall–Kier alpha value is -1.30. The Morgan fingerprint density at radius 2 is 2.10 bits per heavy atom. The molecule has 0 amide bonds. The molecule has 0 saturated heterocycles. The smallest absolute Gasteiger partial charge is 0.151 e. The SMILES string of the molecule is Nc1ccc2nc(SCc3cc(F)ccc3Cl)sc2c1. The van der Waals surface area contributed by atoms with Crippen LogP contribution >= 0.6 is 34.7 Å². The van der Waals surface area contributed by atoms with Gasteiger partial charge in [0, 0.05) is 16.5 Å². The number of nitrogens with two attached hydrogens (primary N) is 1. The Balaban J connectivity index is 1.81. The van der Waals surface area contributed by atoms with E-state index in [0.29, 0.717) is 10.8 Å². The first kappa shape index (κ1) is 13.7. The number of hydrogen-bond acceptors (Lipinski definition) is 4. The Morgan fingerprint density at radius 1 is 1.25 bits per heavy atom. The predicted molar refractivity (Wildman–Crippen MR) is 85.0 cm³/mol. The Labute approximate surface area is 128 Å². The van der Waals surface area contributed by atoms with E-state index in [-0.39, 0.29) is 5.82 Å². The number of nitrogens with zero attached hydrogens (tertiary/aromatic N) is 1. The quantitative estimate of drug-likeness (QED) is 0.546. The van der Waals surface area contributed by atoms with Crippen molar-refractivity contribution in [3.8, 4) is 0 Å². The Kier molecular flexibility index (Phi) is 3.83. The minimum atomic E-state index is -0.276. The lowest BCUT2D eigenvalue weighted by molar-refractivity contribution is 0.626. The van der Waals surface area contributed by atoms with E-state index in [0.717, 1.165) is 25.8 Å². The molecule has 2 nitrogen and oxygen atoms in total. The summed E-state index contributed by atoms with van der Waals surface area (Å²) in [5.41, 5.74) is 8.18. The van der Waals surface area contributed by atoms with Gasteiger partial charge in [-0.2, -0.15) is 0 Å². The molecule has 1 aromatic heterocycles.